The first-order valence-electron chi connectivity index (χ1n) is 8.79. The summed E-state index contributed by atoms with van der Waals surface area (Å²) in [5.41, 5.74) is -0.207. The molecule has 0 radical (unpaired) electrons. The van der Waals surface area contributed by atoms with Crippen LogP contribution in [0.1, 0.15) is 65.7 Å². The van der Waals surface area contributed by atoms with E-state index >= 15 is 0 Å². The molecule has 4 nitrogen and oxygen atoms in total. The van der Waals surface area contributed by atoms with E-state index in [1.807, 2.05) is 6.92 Å². The van der Waals surface area contributed by atoms with Gasteiger partial charge in [-0.05, 0) is 62.7 Å². The highest BCUT2D eigenvalue weighted by Gasteiger charge is 2.60. The zero-order chi connectivity index (χ0) is 17.0. The summed E-state index contributed by atoms with van der Waals surface area (Å²) in [7, 11) is 0. The molecule has 23 heavy (non-hydrogen) atoms. The second-order valence-corrected chi connectivity index (χ2v) is 8.79. The summed E-state index contributed by atoms with van der Waals surface area (Å²) < 4.78 is 0. The molecule has 0 aromatic heterocycles. The van der Waals surface area contributed by atoms with Crippen LogP contribution in [0, 0.1) is 28.1 Å². The molecule has 3 fully saturated rings. The summed E-state index contributed by atoms with van der Waals surface area (Å²) in [6.07, 6.45) is 6.55. The number of ketones is 1. The largest absolute Gasteiger partial charge is 0.515 e. The third kappa shape index (κ3) is 2.17. The number of hydrogen-bond donors (Lipinski definition) is 2. The molecule has 3 saturated carbocycles. The molecular formula is C19H28O4. The first-order valence-corrected chi connectivity index (χ1v) is 8.79. The molecule has 4 heteroatoms. The third-order valence-electron chi connectivity index (χ3n) is 7.64. The van der Waals surface area contributed by atoms with Gasteiger partial charge in [0.2, 0.25) is 0 Å². The molecule has 0 saturated heterocycles. The van der Waals surface area contributed by atoms with Crippen LogP contribution >= 0.6 is 0 Å². The Kier molecular flexibility index (Phi) is 3.66. The normalized spacial score (nSPS) is 48.7. The van der Waals surface area contributed by atoms with Crippen molar-refractivity contribution in [2.45, 2.75) is 65.7 Å². The summed E-state index contributed by atoms with van der Waals surface area (Å²) in [6, 6.07) is 0. The Morgan fingerprint density at radius 2 is 1.87 bits per heavy atom. The van der Waals surface area contributed by atoms with E-state index in [-0.39, 0.29) is 16.6 Å². The second-order valence-electron chi connectivity index (χ2n) is 8.79. The highest BCUT2D eigenvalue weighted by Crippen LogP contribution is 2.66. The van der Waals surface area contributed by atoms with Gasteiger partial charge in [0.1, 0.15) is 0 Å². The maximum atomic E-state index is 12.2. The van der Waals surface area contributed by atoms with Crippen LogP contribution < -0.4 is 0 Å². The van der Waals surface area contributed by atoms with Crippen molar-refractivity contribution in [1.82, 2.24) is 0 Å². The lowest BCUT2D eigenvalue weighted by Gasteiger charge is -2.61. The van der Waals surface area contributed by atoms with E-state index < -0.39 is 11.4 Å². The van der Waals surface area contributed by atoms with Crippen molar-refractivity contribution >= 4 is 11.8 Å². The van der Waals surface area contributed by atoms with Crippen LogP contribution in [-0.2, 0) is 9.59 Å². The van der Waals surface area contributed by atoms with Gasteiger partial charge in [-0.3, -0.25) is 9.59 Å². The van der Waals surface area contributed by atoms with Crippen molar-refractivity contribution in [3.63, 3.8) is 0 Å². The van der Waals surface area contributed by atoms with E-state index in [0.29, 0.717) is 30.3 Å². The highest BCUT2D eigenvalue weighted by molar-refractivity contribution is 5.97. The fourth-order valence-corrected chi connectivity index (χ4v) is 6.01. The molecule has 0 heterocycles. The van der Waals surface area contributed by atoms with Gasteiger partial charge in [0, 0.05) is 17.4 Å². The molecule has 3 rings (SSSR count). The van der Waals surface area contributed by atoms with E-state index in [1.165, 1.54) is 0 Å². The number of carbonyl (C=O) groups is 2. The summed E-state index contributed by atoms with van der Waals surface area (Å²) in [5, 5.41) is 19.2. The van der Waals surface area contributed by atoms with Crippen molar-refractivity contribution < 1.29 is 19.8 Å². The first-order chi connectivity index (χ1) is 10.7. The van der Waals surface area contributed by atoms with Crippen LogP contribution in [-0.4, -0.2) is 22.0 Å². The minimum absolute atomic E-state index is 0.0664. The number of fused-ring (bicyclic) bond motifs is 3. The van der Waals surface area contributed by atoms with Gasteiger partial charge in [0.05, 0.1) is 11.7 Å². The number of allylic oxidation sites excluding steroid dienone is 1. The molecule has 5 atom stereocenters. The van der Waals surface area contributed by atoms with Crippen molar-refractivity contribution in [2.24, 2.45) is 28.1 Å². The van der Waals surface area contributed by atoms with Crippen LogP contribution in [0.15, 0.2) is 11.8 Å². The van der Waals surface area contributed by atoms with Gasteiger partial charge in [-0.25, -0.2) is 0 Å². The SMILES string of the molecule is CC1(C(=O)O)CCC2(C)C(CCC3(C)C(=CO)C(=O)CCC32)C1. The lowest BCUT2D eigenvalue weighted by molar-refractivity contribution is -0.161. The van der Waals surface area contributed by atoms with Gasteiger partial charge in [-0.15, -0.1) is 0 Å². The quantitative estimate of drug-likeness (QED) is 0.563. The van der Waals surface area contributed by atoms with Crippen molar-refractivity contribution in [3.05, 3.63) is 11.8 Å². The summed E-state index contributed by atoms with van der Waals surface area (Å²) in [4.78, 5) is 23.9. The highest BCUT2D eigenvalue weighted by atomic mass is 16.4. The lowest BCUT2D eigenvalue weighted by Crippen LogP contribution is -2.56. The van der Waals surface area contributed by atoms with Crippen LogP contribution in [0.2, 0.25) is 0 Å². The van der Waals surface area contributed by atoms with Gasteiger partial charge >= 0.3 is 5.97 Å². The standard InChI is InChI=1S/C19H28O4/c1-17(16(22)23)8-9-18(2)12(10-17)6-7-19(3)13(11-20)14(21)4-5-15(18)19/h11-12,15,20H,4-10H2,1-3H3,(H,22,23). The molecule has 0 aromatic carbocycles. The summed E-state index contributed by atoms with van der Waals surface area (Å²) in [5.74, 6) is 0.147. The number of rotatable bonds is 1. The predicted molar refractivity (Wildman–Crippen MR) is 87.0 cm³/mol. The molecule has 2 N–H and O–H groups in total. The predicted octanol–water partition coefficient (Wildman–Crippen LogP) is 4.10. The molecule has 0 aliphatic heterocycles. The van der Waals surface area contributed by atoms with Crippen molar-refractivity contribution in [2.75, 3.05) is 0 Å². The number of aliphatic hydroxyl groups is 1. The summed E-state index contributed by atoms with van der Waals surface area (Å²) in [6.45, 7) is 6.31. The van der Waals surface area contributed by atoms with Gasteiger partial charge in [-0.1, -0.05) is 13.8 Å². The maximum absolute atomic E-state index is 12.2. The minimum atomic E-state index is -0.678. The van der Waals surface area contributed by atoms with Crippen LogP contribution in [0.25, 0.3) is 0 Å². The third-order valence-corrected chi connectivity index (χ3v) is 7.64. The van der Waals surface area contributed by atoms with E-state index in [1.54, 1.807) is 0 Å². The molecule has 0 amide bonds. The Bertz CT molecular complexity index is 580. The molecule has 0 aromatic rings. The number of aliphatic hydroxyl groups excluding tert-OH is 1. The molecule has 0 bridgehead atoms. The molecule has 5 unspecified atom stereocenters. The number of Topliss-reactive ketones (excluding diaryl/α,β-unsaturated/α-hetero) is 1. The Labute approximate surface area is 138 Å². The molecular weight excluding hydrogens is 292 g/mol. The Hall–Kier alpha value is -1.32. The number of hydrogen-bond acceptors (Lipinski definition) is 3. The van der Waals surface area contributed by atoms with Crippen LogP contribution in [0.4, 0.5) is 0 Å². The van der Waals surface area contributed by atoms with Gasteiger partial charge < -0.3 is 10.2 Å². The molecule has 128 valence electrons. The Morgan fingerprint density at radius 3 is 2.48 bits per heavy atom. The molecule has 0 spiro atoms. The minimum Gasteiger partial charge on any atom is -0.515 e. The monoisotopic (exact) mass is 320 g/mol. The van der Waals surface area contributed by atoms with Gasteiger partial charge in [0.25, 0.3) is 0 Å². The Morgan fingerprint density at radius 1 is 1.17 bits per heavy atom. The average molecular weight is 320 g/mol. The van der Waals surface area contributed by atoms with Crippen LogP contribution in [0.5, 0.6) is 0 Å². The topological polar surface area (TPSA) is 74.6 Å². The fraction of sp³-hybridized carbons (Fsp3) is 0.789. The Balaban J connectivity index is 1.96. The van der Waals surface area contributed by atoms with Crippen molar-refractivity contribution in [1.29, 1.82) is 0 Å². The van der Waals surface area contributed by atoms with E-state index in [4.69, 9.17) is 0 Å². The van der Waals surface area contributed by atoms with Crippen LogP contribution in [0.3, 0.4) is 0 Å². The first kappa shape index (κ1) is 16.5. The number of carbonyl (C=O) groups excluding carboxylic acids is 1. The second kappa shape index (κ2) is 5.09. The molecule has 3 aliphatic carbocycles. The molecule has 3 aliphatic rings. The lowest BCUT2D eigenvalue weighted by atomic mass is 9.42. The van der Waals surface area contributed by atoms with Gasteiger partial charge in [-0.2, -0.15) is 0 Å². The average Bonchev–Trinajstić information content (AvgIpc) is 2.48. The van der Waals surface area contributed by atoms with E-state index in [9.17, 15) is 19.8 Å². The summed E-state index contributed by atoms with van der Waals surface area (Å²) >= 11 is 0. The smallest absolute Gasteiger partial charge is 0.309 e. The number of carboxylic acids is 1. The van der Waals surface area contributed by atoms with Gasteiger partial charge in [0.15, 0.2) is 5.78 Å². The maximum Gasteiger partial charge on any atom is 0.309 e. The van der Waals surface area contributed by atoms with Crippen molar-refractivity contribution in [3.8, 4) is 0 Å². The zero-order valence-electron chi connectivity index (χ0n) is 14.4. The fourth-order valence-electron chi connectivity index (χ4n) is 6.01. The van der Waals surface area contributed by atoms with E-state index in [2.05, 4.69) is 13.8 Å². The number of aliphatic carboxylic acids is 1. The van der Waals surface area contributed by atoms with E-state index in [0.717, 1.165) is 38.4 Å². The zero-order valence-corrected chi connectivity index (χ0v) is 14.4. The number of carboxylic acid groups (broad SMARTS) is 1.